The van der Waals surface area contributed by atoms with Crippen LogP contribution in [0.2, 0.25) is 0 Å². The third-order valence-electron chi connectivity index (χ3n) is 2.62. The molecule has 0 amide bonds. The van der Waals surface area contributed by atoms with Crippen molar-refractivity contribution < 1.29 is 15.0 Å². The number of aliphatic carboxylic acids is 1. The maximum Gasteiger partial charge on any atom is 0.320 e. The van der Waals surface area contributed by atoms with Crippen LogP contribution in [0.25, 0.3) is 10.9 Å². The van der Waals surface area contributed by atoms with Gasteiger partial charge in [0.1, 0.15) is 5.75 Å². The molecule has 1 heterocycles. The van der Waals surface area contributed by atoms with Crippen LogP contribution in [0.15, 0.2) is 24.4 Å². The number of carboxylic acids is 1. The molecular weight excluding hydrogens is 224 g/mol. The maximum atomic E-state index is 10.7. The molecule has 0 saturated carbocycles. The first-order chi connectivity index (χ1) is 8.11. The average Bonchev–Trinajstić information content (AvgIpc) is 2.68. The summed E-state index contributed by atoms with van der Waals surface area (Å²) in [5, 5.41) is 29.4. The fourth-order valence-electron chi connectivity index (χ4n) is 1.73. The minimum absolute atomic E-state index is 0.0578. The predicted molar refractivity (Wildman–Crippen MR) is 61.6 cm³/mol. The van der Waals surface area contributed by atoms with Gasteiger partial charge >= 0.3 is 5.97 Å². The number of phenolic OH excluding ortho intramolecular Hbond substituents is 1. The molecule has 0 aliphatic rings. The molecule has 0 aliphatic heterocycles. The molecule has 0 aliphatic carbocycles. The SMILES string of the molecule is O=C(O)[C@H](Cc1c[nH]c2ccc(O)cc12)N[O-]. The zero-order chi connectivity index (χ0) is 12.4. The number of phenols is 1. The van der Waals surface area contributed by atoms with E-state index < -0.39 is 12.0 Å². The smallest absolute Gasteiger partial charge is 0.320 e. The summed E-state index contributed by atoms with van der Waals surface area (Å²) in [6.07, 6.45) is 1.69. The lowest BCUT2D eigenvalue weighted by Gasteiger charge is -2.17. The van der Waals surface area contributed by atoms with Crippen LogP contribution in [-0.2, 0) is 11.2 Å². The molecule has 90 valence electrons. The van der Waals surface area contributed by atoms with Crippen LogP contribution in [0.5, 0.6) is 5.75 Å². The van der Waals surface area contributed by atoms with Gasteiger partial charge in [-0.1, -0.05) is 0 Å². The van der Waals surface area contributed by atoms with Crippen molar-refractivity contribution in [2.75, 3.05) is 0 Å². The second-order valence-corrected chi connectivity index (χ2v) is 3.76. The quantitative estimate of drug-likeness (QED) is 0.590. The highest BCUT2D eigenvalue weighted by Gasteiger charge is 2.15. The minimum Gasteiger partial charge on any atom is -0.787 e. The number of aromatic amines is 1. The summed E-state index contributed by atoms with van der Waals surface area (Å²) in [6, 6.07) is 3.57. The number of carbonyl (C=O) groups is 1. The van der Waals surface area contributed by atoms with E-state index in [4.69, 9.17) is 5.11 Å². The number of carboxylic acid groups (broad SMARTS) is 1. The standard InChI is InChI=1S/C11H11N2O4/c14-7-1-2-9-8(4-7)6(5-12-9)3-10(13-17)11(15)16/h1-2,4-5,10,12-14H,3H2,(H,15,16)/q-1/t10-/m0/s1. The molecule has 17 heavy (non-hydrogen) atoms. The summed E-state index contributed by atoms with van der Waals surface area (Å²) in [5.74, 6) is -1.10. The van der Waals surface area contributed by atoms with Crippen LogP contribution in [0.1, 0.15) is 5.56 Å². The van der Waals surface area contributed by atoms with E-state index in [9.17, 15) is 15.1 Å². The van der Waals surface area contributed by atoms with Gasteiger partial charge in [0.25, 0.3) is 0 Å². The van der Waals surface area contributed by atoms with E-state index in [1.54, 1.807) is 12.3 Å². The number of hydroxylamine groups is 1. The van der Waals surface area contributed by atoms with Gasteiger partial charge in [0.05, 0.1) is 6.04 Å². The second kappa shape index (κ2) is 4.44. The molecule has 1 aromatic carbocycles. The molecule has 0 saturated heterocycles. The molecule has 1 aromatic heterocycles. The van der Waals surface area contributed by atoms with Gasteiger partial charge in [-0.25, -0.2) is 0 Å². The van der Waals surface area contributed by atoms with Gasteiger partial charge in [0.15, 0.2) is 0 Å². The number of H-pyrrole nitrogens is 1. The van der Waals surface area contributed by atoms with Gasteiger partial charge in [-0.15, -0.1) is 0 Å². The summed E-state index contributed by atoms with van der Waals surface area (Å²) in [4.78, 5) is 13.7. The summed E-state index contributed by atoms with van der Waals surface area (Å²) in [7, 11) is 0. The molecular formula is C11H11N2O4-. The van der Waals surface area contributed by atoms with E-state index in [-0.39, 0.29) is 12.2 Å². The fraction of sp³-hybridized carbons (Fsp3) is 0.182. The van der Waals surface area contributed by atoms with Gasteiger partial charge in [-0.3, -0.25) is 4.79 Å². The van der Waals surface area contributed by atoms with E-state index in [0.717, 1.165) is 5.52 Å². The highest BCUT2D eigenvalue weighted by atomic mass is 16.5. The number of aromatic hydroxyl groups is 1. The number of hydrogen-bond acceptors (Lipinski definition) is 4. The number of hydrogen-bond donors (Lipinski definition) is 4. The van der Waals surface area contributed by atoms with Crippen molar-refractivity contribution in [3.05, 3.63) is 35.2 Å². The number of rotatable bonds is 4. The zero-order valence-corrected chi connectivity index (χ0v) is 8.80. The van der Waals surface area contributed by atoms with Gasteiger partial charge < -0.3 is 25.9 Å². The summed E-state index contributed by atoms with van der Waals surface area (Å²) in [6.45, 7) is 0. The van der Waals surface area contributed by atoms with Crippen LogP contribution in [0, 0.1) is 5.21 Å². The largest absolute Gasteiger partial charge is 0.787 e. The minimum atomic E-state index is -1.20. The third-order valence-corrected chi connectivity index (χ3v) is 2.62. The van der Waals surface area contributed by atoms with E-state index in [1.165, 1.54) is 17.6 Å². The van der Waals surface area contributed by atoms with E-state index >= 15 is 0 Å². The topological polar surface area (TPSA) is 108 Å². The predicted octanol–water partition coefficient (Wildman–Crippen LogP) is 0.957. The normalized spacial score (nSPS) is 12.8. The van der Waals surface area contributed by atoms with Crippen molar-refractivity contribution in [1.82, 2.24) is 10.5 Å². The number of benzene rings is 1. The van der Waals surface area contributed by atoms with Crippen LogP contribution >= 0.6 is 0 Å². The fourth-order valence-corrected chi connectivity index (χ4v) is 1.73. The van der Waals surface area contributed by atoms with Gasteiger partial charge in [0, 0.05) is 17.1 Å². The third kappa shape index (κ3) is 2.22. The Morgan fingerprint density at radius 1 is 1.53 bits per heavy atom. The maximum absolute atomic E-state index is 10.7. The van der Waals surface area contributed by atoms with Crippen molar-refractivity contribution in [3.8, 4) is 5.75 Å². The Morgan fingerprint density at radius 3 is 2.94 bits per heavy atom. The molecule has 6 heteroatoms. The summed E-state index contributed by atoms with van der Waals surface area (Å²) >= 11 is 0. The molecule has 1 atom stereocenters. The molecule has 0 spiro atoms. The van der Waals surface area contributed by atoms with Crippen molar-refractivity contribution in [2.45, 2.75) is 12.5 Å². The monoisotopic (exact) mass is 235 g/mol. The number of nitrogens with one attached hydrogen (secondary N) is 2. The van der Waals surface area contributed by atoms with Crippen LogP contribution in [0.3, 0.4) is 0 Å². The Labute approximate surface area is 96.5 Å². The lowest BCUT2D eigenvalue weighted by Crippen LogP contribution is -2.34. The van der Waals surface area contributed by atoms with Gasteiger partial charge in [-0.05, 0) is 30.2 Å². The highest BCUT2D eigenvalue weighted by molar-refractivity contribution is 5.85. The first-order valence-corrected chi connectivity index (χ1v) is 5.01. The van der Waals surface area contributed by atoms with Crippen molar-refractivity contribution in [2.24, 2.45) is 0 Å². The Bertz CT molecular complexity index is 549. The first-order valence-electron chi connectivity index (χ1n) is 5.01. The molecule has 4 N–H and O–H groups in total. The van der Waals surface area contributed by atoms with Gasteiger partial charge in [0.2, 0.25) is 0 Å². The lowest BCUT2D eigenvalue weighted by molar-refractivity contribution is -0.139. The second-order valence-electron chi connectivity index (χ2n) is 3.76. The molecule has 0 bridgehead atoms. The molecule has 0 radical (unpaired) electrons. The summed E-state index contributed by atoms with van der Waals surface area (Å²) < 4.78 is 0. The molecule has 2 aromatic rings. The Morgan fingerprint density at radius 2 is 2.29 bits per heavy atom. The number of fused-ring (bicyclic) bond motifs is 1. The van der Waals surface area contributed by atoms with Crippen molar-refractivity contribution in [1.29, 1.82) is 0 Å². The van der Waals surface area contributed by atoms with Crippen LogP contribution in [0.4, 0.5) is 0 Å². The van der Waals surface area contributed by atoms with E-state index in [0.29, 0.717) is 10.9 Å². The lowest BCUT2D eigenvalue weighted by atomic mass is 10.1. The van der Waals surface area contributed by atoms with Gasteiger partial charge in [-0.2, -0.15) is 0 Å². The highest BCUT2D eigenvalue weighted by Crippen LogP contribution is 2.23. The van der Waals surface area contributed by atoms with Crippen LogP contribution in [-0.4, -0.2) is 27.2 Å². The van der Waals surface area contributed by atoms with Crippen molar-refractivity contribution in [3.63, 3.8) is 0 Å². The Balaban J connectivity index is 2.35. The molecule has 2 rings (SSSR count). The van der Waals surface area contributed by atoms with E-state index in [2.05, 4.69) is 4.98 Å². The summed E-state index contributed by atoms with van der Waals surface area (Å²) in [5.41, 5.74) is 2.95. The Kier molecular flexibility index (Phi) is 2.99. The van der Waals surface area contributed by atoms with Crippen LogP contribution < -0.4 is 5.48 Å². The molecule has 0 fully saturated rings. The zero-order valence-electron chi connectivity index (χ0n) is 8.80. The first kappa shape index (κ1) is 11.4. The molecule has 0 unspecified atom stereocenters. The molecule has 6 nitrogen and oxygen atoms in total. The average molecular weight is 235 g/mol. The van der Waals surface area contributed by atoms with Crippen molar-refractivity contribution >= 4 is 16.9 Å². The Hall–Kier alpha value is -2.05. The van der Waals surface area contributed by atoms with E-state index in [1.807, 2.05) is 0 Å². The number of aromatic nitrogens is 1.